The maximum Gasteiger partial charge on any atom is 0.293 e. The van der Waals surface area contributed by atoms with E-state index in [4.69, 9.17) is 4.74 Å². The Morgan fingerprint density at radius 3 is 2.41 bits per heavy atom. The minimum absolute atomic E-state index is 0.0443. The Balaban J connectivity index is 1.90. The fraction of sp³-hybridized carbons (Fsp3) is 0.136. The summed E-state index contributed by atoms with van der Waals surface area (Å²) in [7, 11) is 0.554. The Bertz CT molecular complexity index is 1360. The Hall–Kier alpha value is -4.32. The van der Waals surface area contributed by atoms with Gasteiger partial charge in [-0.05, 0) is 42.5 Å². The molecule has 0 saturated carbocycles. The van der Waals surface area contributed by atoms with Gasteiger partial charge >= 0.3 is 0 Å². The lowest BCUT2D eigenvalue weighted by atomic mass is 10.1. The van der Waals surface area contributed by atoms with Crippen molar-refractivity contribution in [1.29, 1.82) is 0 Å². The van der Waals surface area contributed by atoms with Crippen molar-refractivity contribution in [2.75, 3.05) is 36.1 Å². The van der Waals surface area contributed by atoms with Gasteiger partial charge < -0.3 is 20.1 Å². The number of benzene rings is 3. The second-order valence-electron chi connectivity index (χ2n) is 7.29. The van der Waals surface area contributed by atoms with E-state index in [9.17, 15) is 28.4 Å². The zero-order chi connectivity index (χ0) is 25.0. The first-order valence-corrected chi connectivity index (χ1v) is 11.3. The van der Waals surface area contributed by atoms with Gasteiger partial charge in [-0.25, -0.2) is 8.42 Å². The normalized spacial score (nSPS) is 10.9. The first-order chi connectivity index (χ1) is 16.0. The topological polar surface area (TPSA) is 151 Å². The van der Waals surface area contributed by atoms with Crippen LogP contribution in [0.2, 0.25) is 0 Å². The van der Waals surface area contributed by atoms with Crippen LogP contribution in [0.5, 0.6) is 11.5 Å². The number of aromatic hydroxyl groups is 1. The van der Waals surface area contributed by atoms with Crippen molar-refractivity contribution in [3.8, 4) is 11.5 Å². The lowest BCUT2D eigenvalue weighted by Crippen LogP contribution is -2.16. The van der Waals surface area contributed by atoms with E-state index in [1.807, 2.05) is 0 Å². The molecule has 0 bridgehead atoms. The Morgan fingerprint density at radius 2 is 1.76 bits per heavy atom. The molecule has 0 unspecified atom stereocenters. The molecule has 0 spiro atoms. The molecule has 3 aromatic rings. The summed E-state index contributed by atoms with van der Waals surface area (Å²) in [6.07, 6.45) is 0. The van der Waals surface area contributed by atoms with E-state index < -0.39 is 20.9 Å². The molecule has 34 heavy (non-hydrogen) atoms. The van der Waals surface area contributed by atoms with Crippen molar-refractivity contribution < 1.29 is 28.0 Å². The third kappa shape index (κ3) is 5.18. The van der Waals surface area contributed by atoms with Gasteiger partial charge in [0.1, 0.15) is 17.2 Å². The zero-order valence-electron chi connectivity index (χ0n) is 18.5. The van der Waals surface area contributed by atoms with Crippen molar-refractivity contribution in [3.05, 3.63) is 76.3 Å². The second-order valence-corrected chi connectivity index (χ2v) is 8.98. The van der Waals surface area contributed by atoms with Crippen LogP contribution in [-0.4, -0.2) is 45.6 Å². The maximum atomic E-state index is 12.9. The van der Waals surface area contributed by atoms with E-state index >= 15 is 0 Å². The monoisotopic (exact) mass is 486 g/mol. The Morgan fingerprint density at radius 1 is 1.06 bits per heavy atom. The third-order valence-corrected chi connectivity index (χ3v) is 6.16. The average molecular weight is 487 g/mol. The largest absolute Gasteiger partial charge is 0.506 e. The number of nitro groups is 1. The highest BCUT2D eigenvalue weighted by atomic mass is 32.2. The summed E-state index contributed by atoms with van der Waals surface area (Å²) >= 11 is 0. The van der Waals surface area contributed by atoms with Gasteiger partial charge in [0.15, 0.2) is 0 Å². The number of para-hydroxylation sites is 2. The number of sulfonamides is 1. The van der Waals surface area contributed by atoms with Crippen molar-refractivity contribution in [2.24, 2.45) is 0 Å². The smallest absolute Gasteiger partial charge is 0.293 e. The number of hydrogen-bond acceptors (Lipinski definition) is 8. The van der Waals surface area contributed by atoms with Crippen LogP contribution < -0.4 is 19.7 Å². The van der Waals surface area contributed by atoms with Crippen LogP contribution in [0.1, 0.15) is 10.4 Å². The number of amides is 1. The fourth-order valence-corrected chi connectivity index (χ4v) is 4.19. The van der Waals surface area contributed by atoms with E-state index in [-0.39, 0.29) is 33.3 Å². The molecule has 12 heteroatoms. The highest BCUT2D eigenvalue weighted by Gasteiger charge is 2.21. The standard InChI is InChI=1S/C22H22N4O7S/c1-25(2)18-10-8-14(12-19(18)26(29)30)22(28)23-17-13-15(9-11-20(17)27)34(31,32)24-16-6-4-5-7-21(16)33-3/h4-13,24,27H,1-3H3,(H,23,28). The minimum Gasteiger partial charge on any atom is -0.506 e. The summed E-state index contributed by atoms with van der Waals surface area (Å²) < 4.78 is 33.3. The van der Waals surface area contributed by atoms with E-state index in [0.29, 0.717) is 11.4 Å². The Labute approximate surface area is 195 Å². The van der Waals surface area contributed by atoms with Crippen molar-refractivity contribution >= 4 is 38.7 Å². The van der Waals surface area contributed by atoms with Crippen LogP contribution in [0.25, 0.3) is 0 Å². The number of hydrogen-bond donors (Lipinski definition) is 3. The molecule has 3 rings (SSSR count). The van der Waals surface area contributed by atoms with Crippen LogP contribution in [-0.2, 0) is 10.0 Å². The van der Waals surface area contributed by atoms with Crippen LogP contribution in [0.4, 0.5) is 22.7 Å². The van der Waals surface area contributed by atoms with Gasteiger partial charge in [0.2, 0.25) is 0 Å². The molecule has 3 aromatic carbocycles. The van der Waals surface area contributed by atoms with Gasteiger partial charge in [-0.15, -0.1) is 0 Å². The quantitative estimate of drug-likeness (QED) is 0.249. The second kappa shape index (κ2) is 9.67. The average Bonchev–Trinajstić information content (AvgIpc) is 2.79. The summed E-state index contributed by atoms with van der Waals surface area (Å²) in [5.41, 5.74) is 0.000381. The fourth-order valence-electron chi connectivity index (χ4n) is 3.10. The molecule has 0 atom stereocenters. The van der Waals surface area contributed by atoms with Gasteiger partial charge in [0.05, 0.1) is 28.3 Å². The first-order valence-electron chi connectivity index (χ1n) is 9.79. The van der Waals surface area contributed by atoms with Crippen LogP contribution in [0.3, 0.4) is 0 Å². The molecule has 0 aliphatic rings. The van der Waals surface area contributed by atoms with E-state index in [2.05, 4.69) is 10.0 Å². The highest BCUT2D eigenvalue weighted by Crippen LogP contribution is 2.31. The molecule has 3 N–H and O–H groups in total. The van der Waals surface area contributed by atoms with Crippen molar-refractivity contribution in [3.63, 3.8) is 0 Å². The molecule has 178 valence electrons. The molecule has 0 aliphatic carbocycles. The predicted octanol–water partition coefficient (Wildman–Crippen LogP) is 3.43. The molecule has 0 saturated heterocycles. The summed E-state index contributed by atoms with van der Waals surface area (Å²) in [6.45, 7) is 0. The minimum atomic E-state index is -4.11. The molecule has 0 fully saturated rings. The first kappa shape index (κ1) is 24.3. The SMILES string of the molecule is COc1ccccc1NS(=O)(=O)c1ccc(O)c(NC(=O)c2ccc(N(C)C)c([N+](=O)[O-])c2)c1. The number of methoxy groups -OCH3 is 1. The maximum absolute atomic E-state index is 12.9. The lowest BCUT2D eigenvalue weighted by Gasteiger charge is -2.14. The molecule has 0 heterocycles. The van der Waals surface area contributed by atoms with Gasteiger partial charge in [0, 0.05) is 25.7 Å². The molecule has 11 nitrogen and oxygen atoms in total. The number of nitrogens with zero attached hydrogens (tertiary/aromatic N) is 2. The number of phenolic OH excluding ortho intramolecular Hbond substituents is 1. The van der Waals surface area contributed by atoms with E-state index in [1.54, 1.807) is 32.3 Å². The Kier molecular flexibility index (Phi) is 6.92. The number of rotatable bonds is 8. The molecule has 1 amide bonds. The van der Waals surface area contributed by atoms with Crippen LogP contribution in [0, 0.1) is 10.1 Å². The van der Waals surface area contributed by atoms with Gasteiger partial charge in [0.25, 0.3) is 21.6 Å². The van der Waals surface area contributed by atoms with Crippen LogP contribution in [0.15, 0.2) is 65.6 Å². The third-order valence-electron chi connectivity index (χ3n) is 4.79. The molecular formula is C22H22N4O7S. The number of phenols is 1. The molecular weight excluding hydrogens is 464 g/mol. The number of carbonyl (C=O) groups excluding carboxylic acids is 1. The van der Waals surface area contributed by atoms with Gasteiger partial charge in [-0.3, -0.25) is 19.6 Å². The van der Waals surface area contributed by atoms with E-state index in [1.165, 1.54) is 36.3 Å². The number of carbonyl (C=O) groups is 1. The number of nitro benzene ring substituents is 1. The predicted molar refractivity (Wildman–Crippen MR) is 127 cm³/mol. The molecule has 0 aliphatic heterocycles. The number of nitrogens with one attached hydrogen (secondary N) is 2. The summed E-state index contributed by atoms with van der Waals surface area (Å²) in [6, 6.07) is 13.7. The zero-order valence-corrected chi connectivity index (χ0v) is 19.3. The molecule has 0 radical (unpaired) electrons. The van der Waals surface area contributed by atoms with Gasteiger partial charge in [-0.1, -0.05) is 12.1 Å². The summed E-state index contributed by atoms with van der Waals surface area (Å²) in [4.78, 5) is 24.8. The summed E-state index contributed by atoms with van der Waals surface area (Å²) in [5.74, 6) is -0.846. The highest BCUT2D eigenvalue weighted by molar-refractivity contribution is 7.92. The summed E-state index contributed by atoms with van der Waals surface area (Å²) in [5, 5.41) is 24.0. The van der Waals surface area contributed by atoms with Crippen molar-refractivity contribution in [1.82, 2.24) is 0 Å². The van der Waals surface area contributed by atoms with Crippen LogP contribution >= 0.6 is 0 Å². The lowest BCUT2D eigenvalue weighted by molar-refractivity contribution is -0.384. The number of anilines is 3. The number of ether oxygens (including phenoxy) is 1. The van der Waals surface area contributed by atoms with Crippen molar-refractivity contribution in [2.45, 2.75) is 4.90 Å². The molecule has 0 aromatic heterocycles. The van der Waals surface area contributed by atoms with E-state index in [0.717, 1.165) is 18.2 Å². The van der Waals surface area contributed by atoms with Gasteiger partial charge in [-0.2, -0.15) is 0 Å².